The second-order valence-electron chi connectivity index (χ2n) is 6.01. The number of para-hydroxylation sites is 2. The van der Waals surface area contributed by atoms with Crippen LogP contribution in [0.5, 0.6) is 0 Å². The fourth-order valence-corrected chi connectivity index (χ4v) is 3.32. The lowest BCUT2D eigenvalue weighted by atomic mass is 10.1. The Kier molecular flexibility index (Phi) is 5.59. The summed E-state index contributed by atoms with van der Waals surface area (Å²) >= 11 is 1.12. The smallest absolute Gasteiger partial charge is 0.292 e. The van der Waals surface area contributed by atoms with Crippen molar-refractivity contribution in [2.45, 2.75) is 24.3 Å². The summed E-state index contributed by atoms with van der Waals surface area (Å²) < 4.78 is 1.34. The molecule has 0 fully saturated rings. The minimum Gasteiger partial charge on any atom is -0.335 e. The van der Waals surface area contributed by atoms with Gasteiger partial charge in [0.2, 0.25) is 11.1 Å². The molecular formula is C18H18N6O3S. The monoisotopic (exact) mass is 398 g/mol. The number of benzene rings is 2. The zero-order chi connectivity index (χ0) is 20.3. The molecule has 28 heavy (non-hydrogen) atoms. The number of nitro benzene ring substituents is 1. The number of thioether (sulfide) groups is 1. The number of hydrogen-bond acceptors (Lipinski definition) is 7. The Balaban J connectivity index is 1.75. The maximum atomic E-state index is 12.5. The van der Waals surface area contributed by atoms with Crippen LogP contribution in [0.1, 0.15) is 12.5 Å². The number of aryl methyl sites for hydroxylation is 1. The molecule has 10 heteroatoms. The number of nitrogens with zero attached hydrogens (tertiary/aromatic N) is 4. The lowest BCUT2D eigenvalue weighted by Crippen LogP contribution is -2.24. The molecule has 1 aromatic heterocycles. The lowest BCUT2D eigenvalue weighted by molar-refractivity contribution is -0.383. The van der Waals surface area contributed by atoms with Crippen LogP contribution in [0, 0.1) is 17.0 Å². The van der Waals surface area contributed by atoms with Crippen molar-refractivity contribution < 1.29 is 9.72 Å². The first-order valence-corrected chi connectivity index (χ1v) is 9.24. The van der Waals surface area contributed by atoms with Crippen LogP contribution in [0.2, 0.25) is 0 Å². The standard InChI is InChI=1S/C18H18N6O3S/c1-11-7-3-4-8-13(11)16-21-22-18(23(16)19)28-12(2)17(25)20-14-9-5-6-10-15(14)24(26)27/h3-10,12H,19H2,1-2H3,(H,20,25)/t12-/m0/s1. The molecule has 0 unspecified atom stereocenters. The summed E-state index contributed by atoms with van der Waals surface area (Å²) in [5.41, 5.74) is 1.82. The predicted molar refractivity (Wildman–Crippen MR) is 107 cm³/mol. The maximum Gasteiger partial charge on any atom is 0.292 e. The van der Waals surface area contributed by atoms with E-state index in [4.69, 9.17) is 5.84 Å². The quantitative estimate of drug-likeness (QED) is 0.282. The summed E-state index contributed by atoms with van der Waals surface area (Å²) in [6.45, 7) is 3.61. The summed E-state index contributed by atoms with van der Waals surface area (Å²) in [6, 6.07) is 13.6. The normalized spacial score (nSPS) is 11.8. The molecule has 0 saturated carbocycles. The molecule has 1 heterocycles. The highest BCUT2D eigenvalue weighted by Gasteiger charge is 2.22. The van der Waals surface area contributed by atoms with Crippen LogP contribution < -0.4 is 11.2 Å². The number of nitrogens with two attached hydrogens (primary N) is 1. The van der Waals surface area contributed by atoms with Gasteiger partial charge in [0, 0.05) is 11.6 Å². The van der Waals surface area contributed by atoms with E-state index in [9.17, 15) is 14.9 Å². The van der Waals surface area contributed by atoms with E-state index in [-0.39, 0.29) is 11.4 Å². The lowest BCUT2D eigenvalue weighted by Gasteiger charge is -2.12. The molecule has 0 radical (unpaired) electrons. The van der Waals surface area contributed by atoms with Crippen LogP contribution in [0.25, 0.3) is 11.4 Å². The van der Waals surface area contributed by atoms with Crippen molar-refractivity contribution in [1.29, 1.82) is 0 Å². The van der Waals surface area contributed by atoms with Crippen LogP contribution in [-0.4, -0.2) is 31.0 Å². The highest BCUT2D eigenvalue weighted by atomic mass is 32.2. The molecule has 0 aliphatic carbocycles. The molecule has 0 saturated heterocycles. The summed E-state index contributed by atoms with van der Waals surface area (Å²) in [5, 5.41) is 21.6. The zero-order valence-corrected chi connectivity index (χ0v) is 16.0. The van der Waals surface area contributed by atoms with E-state index in [0.29, 0.717) is 11.0 Å². The molecule has 0 aliphatic rings. The Hall–Kier alpha value is -3.40. The molecule has 3 aromatic rings. The number of nitrogen functional groups attached to an aromatic ring is 1. The number of aromatic nitrogens is 3. The Bertz CT molecular complexity index is 1040. The number of carbonyl (C=O) groups excluding carboxylic acids is 1. The van der Waals surface area contributed by atoms with Gasteiger partial charge in [-0.25, -0.2) is 4.68 Å². The maximum absolute atomic E-state index is 12.5. The molecule has 9 nitrogen and oxygen atoms in total. The molecule has 3 N–H and O–H groups in total. The first-order valence-electron chi connectivity index (χ1n) is 8.36. The Morgan fingerprint density at radius 1 is 1.21 bits per heavy atom. The predicted octanol–water partition coefficient (Wildman–Crippen LogP) is 2.99. The van der Waals surface area contributed by atoms with Gasteiger partial charge in [-0.15, -0.1) is 10.2 Å². The first kappa shape index (κ1) is 19.4. The molecule has 0 aliphatic heterocycles. The second kappa shape index (κ2) is 8.09. The van der Waals surface area contributed by atoms with Crippen LogP contribution in [-0.2, 0) is 4.79 Å². The summed E-state index contributed by atoms with van der Waals surface area (Å²) in [5.74, 6) is 6.21. The van der Waals surface area contributed by atoms with Gasteiger partial charge in [0.1, 0.15) is 5.69 Å². The van der Waals surface area contributed by atoms with Gasteiger partial charge < -0.3 is 11.2 Å². The molecule has 144 valence electrons. The fourth-order valence-electron chi connectivity index (χ4n) is 2.55. The van der Waals surface area contributed by atoms with Gasteiger partial charge in [-0.05, 0) is 25.5 Å². The van der Waals surface area contributed by atoms with Crippen molar-refractivity contribution in [2.24, 2.45) is 0 Å². The SMILES string of the molecule is Cc1ccccc1-c1nnc(S[C@@H](C)C(=O)Nc2ccccc2[N+](=O)[O-])n1N. The molecule has 1 atom stereocenters. The minimum absolute atomic E-state index is 0.139. The van der Waals surface area contributed by atoms with Crippen molar-refractivity contribution in [3.8, 4) is 11.4 Å². The highest BCUT2D eigenvalue weighted by molar-refractivity contribution is 8.00. The third-order valence-electron chi connectivity index (χ3n) is 4.06. The van der Waals surface area contributed by atoms with E-state index < -0.39 is 16.1 Å². The van der Waals surface area contributed by atoms with Gasteiger partial charge in [0.05, 0.1) is 10.2 Å². The fraction of sp³-hybridized carbons (Fsp3) is 0.167. The second-order valence-corrected chi connectivity index (χ2v) is 7.32. The number of carbonyl (C=O) groups is 1. The third-order valence-corrected chi connectivity index (χ3v) is 5.12. The Morgan fingerprint density at radius 2 is 1.89 bits per heavy atom. The van der Waals surface area contributed by atoms with Gasteiger partial charge in [-0.3, -0.25) is 14.9 Å². The molecule has 0 spiro atoms. The van der Waals surface area contributed by atoms with Crippen molar-refractivity contribution in [1.82, 2.24) is 14.9 Å². The van der Waals surface area contributed by atoms with Crippen LogP contribution in [0.4, 0.5) is 11.4 Å². The number of hydrogen-bond donors (Lipinski definition) is 2. The number of amides is 1. The van der Waals surface area contributed by atoms with E-state index in [1.165, 1.54) is 22.9 Å². The molecule has 3 rings (SSSR count). The topological polar surface area (TPSA) is 129 Å². The van der Waals surface area contributed by atoms with Crippen LogP contribution in [0.15, 0.2) is 53.7 Å². The van der Waals surface area contributed by atoms with Crippen LogP contribution >= 0.6 is 11.8 Å². The molecule has 1 amide bonds. The molecule has 0 bridgehead atoms. The third kappa shape index (κ3) is 3.96. The van der Waals surface area contributed by atoms with Gasteiger partial charge in [-0.2, -0.15) is 0 Å². The van der Waals surface area contributed by atoms with Crippen molar-refractivity contribution in [3.05, 3.63) is 64.2 Å². The van der Waals surface area contributed by atoms with E-state index in [0.717, 1.165) is 22.9 Å². The van der Waals surface area contributed by atoms with Crippen molar-refractivity contribution in [3.63, 3.8) is 0 Å². The Morgan fingerprint density at radius 3 is 2.61 bits per heavy atom. The average Bonchev–Trinajstić information content (AvgIpc) is 3.02. The van der Waals surface area contributed by atoms with Gasteiger partial charge in [0.15, 0.2) is 5.82 Å². The van der Waals surface area contributed by atoms with Gasteiger partial charge >= 0.3 is 0 Å². The summed E-state index contributed by atoms with van der Waals surface area (Å²) in [6.07, 6.45) is 0. The highest BCUT2D eigenvalue weighted by Crippen LogP contribution is 2.28. The average molecular weight is 398 g/mol. The van der Waals surface area contributed by atoms with Gasteiger partial charge in [0.25, 0.3) is 5.69 Å². The minimum atomic E-state index is -0.601. The Labute approximate surface area is 165 Å². The largest absolute Gasteiger partial charge is 0.335 e. The molecular weight excluding hydrogens is 380 g/mol. The number of rotatable bonds is 6. The number of anilines is 1. The summed E-state index contributed by atoms with van der Waals surface area (Å²) in [4.78, 5) is 23.0. The summed E-state index contributed by atoms with van der Waals surface area (Å²) in [7, 11) is 0. The molecule has 2 aromatic carbocycles. The van der Waals surface area contributed by atoms with Crippen molar-refractivity contribution >= 4 is 29.0 Å². The number of nitrogens with one attached hydrogen (secondary N) is 1. The van der Waals surface area contributed by atoms with E-state index in [1.807, 2.05) is 31.2 Å². The van der Waals surface area contributed by atoms with E-state index >= 15 is 0 Å². The van der Waals surface area contributed by atoms with Crippen LogP contribution in [0.3, 0.4) is 0 Å². The van der Waals surface area contributed by atoms with E-state index in [1.54, 1.807) is 13.0 Å². The van der Waals surface area contributed by atoms with E-state index in [2.05, 4.69) is 15.5 Å². The van der Waals surface area contributed by atoms with Crippen molar-refractivity contribution in [2.75, 3.05) is 11.2 Å². The van der Waals surface area contributed by atoms with Gasteiger partial charge in [-0.1, -0.05) is 48.2 Å². The zero-order valence-electron chi connectivity index (χ0n) is 15.2. The first-order chi connectivity index (χ1) is 13.4. The number of nitro groups is 1.